The molecule has 1 aromatic carbocycles. The average molecular weight is 419 g/mol. The number of carboxylic acids is 1. The SMILES string of the molecule is O=C(O)c1csc(S(=O)(=O)N2CCN(Cc3c(F)cccc3Cl)CC2)c1. The molecular formula is C16H16ClFN2O4S2. The maximum absolute atomic E-state index is 13.9. The largest absolute Gasteiger partial charge is 0.478 e. The monoisotopic (exact) mass is 418 g/mol. The van der Waals surface area contributed by atoms with Crippen LogP contribution in [-0.2, 0) is 16.6 Å². The molecule has 0 bridgehead atoms. The van der Waals surface area contributed by atoms with Gasteiger partial charge in [-0.25, -0.2) is 17.6 Å². The Morgan fingerprint density at radius 2 is 1.96 bits per heavy atom. The molecule has 140 valence electrons. The van der Waals surface area contributed by atoms with Gasteiger partial charge in [0.25, 0.3) is 10.0 Å². The molecule has 6 nitrogen and oxygen atoms in total. The van der Waals surface area contributed by atoms with Crippen LogP contribution in [-0.4, -0.2) is 54.9 Å². The maximum atomic E-state index is 13.9. The Morgan fingerprint density at radius 1 is 1.27 bits per heavy atom. The molecule has 0 spiro atoms. The number of benzene rings is 1. The summed E-state index contributed by atoms with van der Waals surface area (Å²) >= 11 is 6.93. The van der Waals surface area contributed by atoms with Crippen molar-refractivity contribution >= 4 is 38.9 Å². The maximum Gasteiger partial charge on any atom is 0.336 e. The summed E-state index contributed by atoms with van der Waals surface area (Å²) in [5, 5.41) is 10.6. The summed E-state index contributed by atoms with van der Waals surface area (Å²) in [6.45, 7) is 1.66. The summed E-state index contributed by atoms with van der Waals surface area (Å²) < 4.78 is 40.5. The lowest BCUT2D eigenvalue weighted by Gasteiger charge is -2.33. The molecule has 3 rings (SSSR count). The quantitative estimate of drug-likeness (QED) is 0.807. The van der Waals surface area contributed by atoms with Crippen molar-refractivity contribution in [2.75, 3.05) is 26.2 Å². The number of carboxylic acid groups (broad SMARTS) is 1. The summed E-state index contributed by atoms with van der Waals surface area (Å²) in [4.78, 5) is 12.9. The van der Waals surface area contributed by atoms with Gasteiger partial charge in [0, 0.05) is 48.7 Å². The second-order valence-corrected chi connectivity index (χ2v) is 9.32. The predicted octanol–water partition coefficient (Wildman–Crippen LogP) is 2.75. The van der Waals surface area contributed by atoms with Gasteiger partial charge in [-0.05, 0) is 18.2 Å². The standard InChI is InChI=1S/C16H16ClFN2O4S2/c17-13-2-1-3-14(18)12(13)9-19-4-6-20(7-5-19)26(23,24)15-8-11(10-25-15)16(21)22/h1-3,8,10H,4-7,9H2,(H,21,22). The van der Waals surface area contributed by atoms with Crippen molar-refractivity contribution in [2.24, 2.45) is 0 Å². The highest BCUT2D eigenvalue weighted by molar-refractivity contribution is 7.91. The summed E-state index contributed by atoms with van der Waals surface area (Å²) in [6.07, 6.45) is 0. The summed E-state index contributed by atoms with van der Waals surface area (Å²) in [7, 11) is -3.73. The number of rotatable bonds is 5. The van der Waals surface area contributed by atoms with Gasteiger partial charge in [-0.2, -0.15) is 4.31 Å². The third kappa shape index (κ3) is 3.91. The molecule has 0 saturated carbocycles. The second-order valence-electron chi connectivity index (χ2n) is 5.84. The van der Waals surface area contributed by atoms with Crippen LogP contribution in [0.15, 0.2) is 33.9 Å². The highest BCUT2D eigenvalue weighted by Crippen LogP contribution is 2.26. The second kappa shape index (κ2) is 7.61. The van der Waals surface area contributed by atoms with Crippen molar-refractivity contribution in [3.05, 3.63) is 51.6 Å². The molecule has 2 heterocycles. The van der Waals surface area contributed by atoms with Gasteiger partial charge in [-0.3, -0.25) is 4.90 Å². The Hall–Kier alpha value is -1.52. The van der Waals surface area contributed by atoms with Crippen LogP contribution < -0.4 is 0 Å². The van der Waals surface area contributed by atoms with Crippen LogP contribution in [0.4, 0.5) is 4.39 Å². The molecule has 0 unspecified atom stereocenters. The number of hydrogen-bond acceptors (Lipinski definition) is 5. The fraction of sp³-hybridized carbons (Fsp3) is 0.312. The third-order valence-electron chi connectivity index (χ3n) is 4.19. The first-order valence-electron chi connectivity index (χ1n) is 7.76. The Morgan fingerprint density at radius 3 is 2.54 bits per heavy atom. The normalized spacial score (nSPS) is 16.7. The van der Waals surface area contributed by atoms with E-state index in [0.717, 1.165) is 11.3 Å². The average Bonchev–Trinajstić information content (AvgIpc) is 3.10. The number of carbonyl (C=O) groups is 1. The molecule has 1 aliphatic heterocycles. The van der Waals surface area contributed by atoms with Crippen LogP contribution in [0, 0.1) is 5.82 Å². The van der Waals surface area contributed by atoms with Gasteiger partial charge in [-0.1, -0.05) is 17.7 Å². The van der Waals surface area contributed by atoms with Crippen LogP contribution >= 0.6 is 22.9 Å². The molecule has 1 N–H and O–H groups in total. The highest BCUT2D eigenvalue weighted by atomic mass is 35.5. The topological polar surface area (TPSA) is 77.9 Å². The van der Waals surface area contributed by atoms with Crippen molar-refractivity contribution in [3.63, 3.8) is 0 Å². The molecule has 1 fully saturated rings. The summed E-state index contributed by atoms with van der Waals surface area (Å²) in [5.74, 6) is -1.54. The van der Waals surface area contributed by atoms with Crippen LogP contribution in [0.1, 0.15) is 15.9 Å². The molecular weight excluding hydrogens is 403 g/mol. The first kappa shape index (κ1) is 19.2. The molecule has 26 heavy (non-hydrogen) atoms. The molecule has 2 aromatic rings. The zero-order chi connectivity index (χ0) is 18.9. The van der Waals surface area contributed by atoms with Gasteiger partial charge in [-0.15, -0.1) is 11.3 Å². The van der Waals surface area contributed by atoms with E-state index in [0.29, 0.717) is 30.2 Å². The van der Waals surface area contributed by atoms with Crippen LogP contribution in [0.2, 0.25) is 5.02 Å². The predicted molar refractivity (Wildman–Crippen MR) is 96.7 cm³/mol. The number of sulfonamides is 1. The minimum absolute atomic E-state index is 0.0144. The van der Waals surface area contributed by atoms with E-state index >= 15 is 0 Å². The highest BCUT2D eigenvalue weighted by Gasteiger charge is 2.30. The Kier molecular flexibility index (Phi) is 5.64. The molecule has 1 aromatic heterocycles. The van der Waals surface area contributed by atoms with E-state index in [-0.39, 0.29) is 28.7 Å². The summed E-state index contributed by atoms with van der Waals surface area (Å²) in [5.41, 5.74) is 0.358. The van der Waals surface area contributed by atoms with E-state index < -0.39 is 16.0 Å². The molecule has 10 heteroatoms. The number of piperazine rings is 1. The Bertz CT molecular complexity index is 904. The lowest BCUT2D eigenvalue weighted by Crippen LogP contribution is -2.48. The van der Waals surface area contributed by atoms with E-state index in [4.69, 9.17) is 16.7 Å². The van der Waals surface area contributed by atoms with Crippen LogP contribution in [0.5, 0.6) is 0 Å². The number of aromatic carboxylic acids is 1. The van der Waals surface area contributed by atoms with Gasteiger partial charge in [0.2, 0.25) is 0 Å². The van der Waals surface area contributed by atoms with Crippen molar-refractivity contribution in [2.45, 2.75) is 10.8 Å². The van der Waals surface area contributed by atoms with Gasteiger partial charge in [0.15, 0.2) is 0 Å². The van der Waals surface area contributed by atoms with E-state index in [1.54, 1.807) is 6.07 Å². The Labute approximate surface area is 159 Å². The number of thiophene rings is 1. The van der Waals surface area contributed by atoms with Crippen LogP contribution in [0.3, 0.4) is 0 Å². The lowest BCUT2D eigenvalue weighted by molar-refractivity contribution is 0.0697. The first-order chi connectivity index (χ1) is 12.3. The smallest absolute Gasteiger partial charge is 0.336 e. The summed E-state index contributed by atoms with van der Waals surface area (Å²) in [6, 6.07) is 5.68. The third-order valence-corrected chi connectivity index (χ3v) is 7.86. The van der Waals surface area contributed by atoms with Gasteiger partial charge < -0.3 is 5.11 Å². The zero-order valence-corrected chi connectivity index (χ0v) is 16.0. The minimum Gasteiger partial charge on any atom is -0.478 e. The molecule has 0 amide bonds. The van der Waals surface area contributed by atoms with Crippen molar-refractivity contribution in [1.29, 1.82) is 0 Å². The molecule has 0 radical (unpaired) electrons. The number of hydrogen-bond donors (Lipinski definition) is 1. The number of nitrogens with zero attached hydrogens (tertiary/aromatic N) is 2. The van der Waals surface area contributed by atoms with E-state index in [1.807, 2.05) is 4.90 Å². The molecule has 0 aliphatic carbocycles. The fourth-order valence-electron chi connectivity index (χ4n) is 2.73. The zero-order valence-electron chi connectivity index (χ0n) is 13.6. The Balaban J connectivity index is 1.67. The van der Waals surface area contributed by atoms with Gasteiger partial charge >= 0.3 is 5.97 Å². The van der Waals surface area contributed by atoms with E-state index in [9.17, 15) is 17.6 Å². The van der Waals surface area contributed by atoms with Gasteiger partial charge in [0.1, 0.15) is 10.0 Å². The van der Waals surface area contributed by atoms with Crippen molar-refractivity contribution in [3.8, 4) is 0 Å². The first-order valence-corrected chi connectivity index (χ1v) is 10.5. The van der Waals surface area contributed by atoms with Gasteiger partial charge in [0.05, 0.1) is 5.56 Å². The molecule has 1 aliphatic rings. The van der Waals surface area contributed by atoms with Crippen molar-refractivity contribution in [1.82, 2.24) is 9.21 Å². The van der Waals surface area contributed by atoms with Crippen LogP contribution in [0.25, 0.3) is 0 Å². The fourth-order valence-corrected chi connectivity index (χ4v) is 5.68. The number of halogens is 2. The molecule has 1 saturated heterocycles. The van der Waals surface area contributed by atoms with E-state index in [2.05, 4.69) is 0 Å². The molecule has 0 atom stereocenters. The lowest BCUT2D eigenvalue weighted by atomic mass is 10.2. The van der Waals surface area contributed by atoms with Crippen molar-refractivity contribution < 1.29 is 22.7 Å². The minimum atomic E-state index is -3.73. The van der Waals surface area contributed by atoms with E-state index in [1.165, 1.54) is 27.9 Å².